The minimum absolute atomic E-state index is 0.0547. The van der Waals surface area contributed by atoms with E-state index >= 15 is 0 Å². The Morgan fingerprint density at radius 2 is 1.85 bits per heavy atom. The van der Waals surface area contributed by atoms with E-state index in [9.17, 15) is 18.3 Å². The number of benzene rings is 1. The molecule has 1 amide bonds. The van der Waals surface area contributed by atoms with E-state index in [0.717, 1.165) is 4.31 Å². The van der Waals surface area contributed by atoms with Gasteiger partial charge in [-0.2, -0.15) is 12.7 Å². The van der Waals surface area contributed by atoms with Gasteiger partial charge in [0.05, 0.1) is 10.6 Å². The highest BCUT2D eigenvalue weighted by atomic mass is 35.5. The van der Waals surface area contributed by atoms with Gasteiger partial charge in [0.25, 0.3) is 16.1 Å². The van der Waals surface area contributed by atoms with Crippen LogP contribution in [0.25, 0.3) is 0 Å². The molecule has 0 spiro atoms. The maximum Gasteiger partial charge on any atom is 0.277 e. The molecular formula is C11H14ClN3O4S. The second-order valence-corrected chi connectivity index (χ2v) is 6.35. The number of nitrogens with zero attached hydrogens (tertiary/aromatic N) is 2. The van der Waals surface area contributed by atoms with Crippen LogP contribution in [0.1, 0.15) is 10.4 Å². The molecule has 2 rings (SSSR count). The summed E-state index contributed by atoms with van der Waals surface area (Å²) in [6, 6.07) is 4.11. The summed E-state index contributed by atoms with van der Waals surface area (Å²) >= 11 is 5.93. The number of hydrogen-bond donors (Lipinski definition) is 2. The molecule has 0 bridgehead atoms. The van der Waals surface area contributed by atoms with Crippen LogP contribution in [-0.4, -0.2) is 54.8 Å². The Kier molecular flexibility index (Phi) is 4.19. The molecule has 0 radical (unpaired) electrons. The number of hydrogen-bond acceptors (Lipinski definition) is 4. The van der Waals surface area contributed by atoms with Crippen LogP contribution in [0.2, 0.25) is 5.02 Å². The zero-order valence-electron chi connectivity index (χ0n) is 10.5. The van der Waals surface area contributed by atoms with Gasteiger partial charge in [-0.3, -0.25) is 4.79 Å². The summed E-state index contributed by atoms with van der Waals surface area (Å²) in [5.74, 6) is -0.402. The molecule has 110 valence electrons. The van der Waals surface area contributed by atoms with Gasteiger partial charge in [-0.1, -0.05) is 11.6 Å². The largest absolute Gasteiger partial charge is 0.508 e. The molecule has 0 atom stereocenters. The van der Waals surface area contributed by atoms with Crippen molar-refractivity contribution in [1.82, 2.24) is 9.21 Å². The summed E-state index contributed by atoms with van der Waals surface area (Å²) in [5, 5.41) is 14.7. The minimum Gasteiger partial charge on any atom is -0.508 e. The van der Waals surface area contributed by atoms with Gasteiger partial charge < -0.3 is 10.0 Å². The van der Waals surface area contributed by atoms with E-state index in [4.69, 9.17) is 16.7 Å². The number of phenolic OH excluding ortho intramolecular Hbond substituents is 1. The van der Waals surface area contributed by atoms with Crippen molar-refractivity contribution in [2.45, 2.75) is 0 Å². The van der Waals surface area contributed by atoms with Crippen LogP contribution < -0.4 is 5.14 Å². The maximum atomic E-state index is 12.3. The van der Waals surface area contributed by atoms with E-state index in [2.05, 4.69) is 0 Å². The predicted octanol–water partition coefficient (Wildman–Crippen LogP) is 0.00690. The smallest absolute Gasteiger partial charge is 0.277 e. The first-order valence-electron chi connectivity index (χ1n) is 5.84. The Hall–Kier alpha value is -1.35. The minimum atomic E-state index is -3.73. The summed E-state index contributed by atoms with van der Waals surface area (Å²) in [4.78, 5) is 13.7. The standard InChI is InChI=1S/C11H14ClN3O4S/c12-10-2-1-8(16)7-9(10)11(17)14-3-5-15(6-4-14)20(13,18)19/h1-2,7,16H,3-6H2,(H2,13,18,19). The molecule has 0 aliphatic carbocycles. The zero-order valence-corrected chi connectivity index (χ0v) is 12.1. The topological polar surface area (TPSA) is 104 Å². The monoisotopic (exact) mass is 319 g/mol. The third-order valence-corrected chi connectivity index (χ3v) is 4.48. The second kappa shape index (κ2) is 5.57. The third-order valence-electron chi connectivity index (χ3n) is 3.07. The van der Waals surface area contributed by atoms with Gasteiger partial charge in [-0.05, 0) is 18.2 Å². The van der Waals surface area contributed by atoms with Crippen molar-refractivity contribution in [3.8, 4) is 5.75 Å². The quantitative estimate of drug-likeness (QED) is 0.801. The molecule has 1 aromatic carbocycles. The van der Waals surface area contributed by atoms with Crippen molar-refractivity contribution in [3.63, 3.8) is 0 Å². The average molecular weight is 320 g/mol. The van der Waals surface area contributed by atoms with Crippen LogP contribution in [-0.2, 0) is 10.2 Å². The molecule has 0 aromatic heterocycles. The van der Waals surface area contributed by atoms with E-state index in [-0.39, 0.29) is 48.4 Å². The number of piperazine rings is 1. The van der Waals surface area contributed by atoms with E-state index in [1.807, 2.05) is 0 Å². The van der Waals surface area contributed by atoms with Crippen LogP contribution in [0.15, 0.2) is 18.2 Å². The maximum absolute atomic E-state index is 12.3. The lowest BCUT2D eigenvalue weighted by atomic mass is 10.1. The summed E-state index contributed by atoms with van der Waals surface area (Å²) in [7, 11) is -3.73. The number of aromatic hydroxyl groups is 1. The first-order chi connectivity index (χ1) is 9.29. The van der Waals surface area contributed by atoms with Crippen molar-refractivity contribution in [1.29, 1.82) is 0 Å². The third kappa shape index (κ3) is 3.21. The first kappa shape index (κ1) is 15.0. The van der Waals surface area contributed by atoms with Crippen LogP contribution in [0, 0.1) is 0 Å². The van der Waals surface area contributed by atoms with E-state index in [1.54, 1.807) is 0 Å². The number of halogens is 1. The summed E-state index contributed by atoms with van der Waals surface area (Å²) in [5.41, 5.74) is 0.190. The van der Waals surface area contributed by atoms with E-state index in [1.165, 1.54) is 23.1 Å². The Morgan fingerprint density at radius 3 is 2.40 bits per heavy atom. The molecule has 3 N–H and O–H groups in total. The predicted molar refractivity (Wildman–Crippen MR) is 73.7 cm³/mol. The van der Waals surface area contributed by atoms with Crippen molar-refractivity contribution in [3.05, 3.63) is 28.8 Å². The lowest BCUT2D eigenvalue weighted by Crippen LogP contribution is -2.52. The SMILES string of the molecule is NS(=O)(=O)N1CCN(C(=O)c2cc(O)ccc2Cl)CC1. The number of amides is 1. The molecule has 1 fully saturated rings. The number of phenols is 1. The van der Waals surface area contributed by atoms with Crippen molar-refractivity contribution >= 4 is 27.7 Å². The molecule has 1 aliphatic heterocycles. The normalized spacial score (nSPS) is 17.2. The molecule has 1 saturated heterocycles. The van der Waals surface area contributed by atoms with Gasteiger partial charge in [-0.25, -0.2) is 5.14 Å². The Bertz CT molecular complexity index is 627. The number of carbonyl (C=O) groups is 1. The number of nitrogens with two attached hydrogens (primary N) is 1. The highest BCUT2D eigenvalue weighted by Gasteiger charge is 2.27. The van der Waals surface area contributed by atoms with Gasteiger partial charge >= 0.3 is 0 Å². The van der Waals surface area contributed by atoms with Gasteiger partial charge in [0.15, 0.2) is 0 Å². The van der Waals surface area contributed by atoms with Crippen molar-refractivity contribution in [2.75, 3.05) is 26.2 Å². The average Bonchev–Trinajstić information content (AvgIpc) is 2.40. The van der Waals surface area contributed by atoms with Gasteiger partial charge in [0.2, 0.25) is 0 Å². The summed E-state index contributed by atoms with van der Waals surface area (Å²) in [6.45, 7) is 0.727. The molecule has 0 saturated carbocycles. The van der Waals surface area contributed by atoms with E-state index < -0.39 is 10.2 Å². The van der Waals surface area contributed by atoms with Crippen LogP contribution >= 0.6 is 11.6 Å². The molecular weight excluding hydrogens is 306 g/mol. The molecule has 0 unspecified atom stereocenters. The summed E-state index contributed by atoms with van der Waals surface area (Å²) in [6.07, 6.45) is 0. The fourth-order valence-corrected chi connectivity index (χ4v) is 2.86. The number of rotatable bonds is 2. The van der Waals surface area contributed by atoms with E-state index in [0.29, 0.717) is 0 Å². The Morgan fingerprint density at radius 1 is 1.25 bits per heavy atom. The Balaban J connectivity index is 2.11. The van der Waals surface area contributed by atoms with Crippen LogP contribution in [0.4, 0.5) is 0 Å². The van der Waals surface area contributed by atoms with Gasteiger partial charge in [0.1, 0.15) is 5.75 Å². The number of carbonyl (C=O) groups excluding carboxylic acids is 1. The van der Waals surface area contributed by atoms with Crippen molar-refractivity contribution < 1.29 is 18.3 Å². The molecule has 1 aliphatic rings. The van der Waals surface area contributed by atoms with Crippen molar-refractivity contribution in [2.24, 2.45) is 5.14 Å². The Labute approximate surface area is 121 Å². The highest BCUT2D eigenvalue weighted by molar-refractivity contribution is 7.86. The second-order valence-electron chi connectivity index (χ2n) is 4.40. The molecule has 7 nitrogen and oxygen atoms in total. The van der Waals surface area contributed by atoms with Gasteiger partial charge in [-0.15, -0.1) is 0 Å². The molecule has 1 heterocycles. The fourth-order valence-electron chi connectivity index (χ4n) is 1.99. The highest BCUT2D eigenvalue weighted by Crippen LogP contribution is 2.23. The van der Waals surface area contributed by atoms with Gasteiger partial charge in [0, 0.05) is 26.2 Å². The zero-order chi connectivity index (χ0) is 14.9. The van der Waals surface area contributed by atoms with Crippen LogP contribution in [0.5, 0.6) is 5.75 Å². The van der Waals surface area contributed by atoms with Crippen LogP contribution in [0.3, 0.4) is 0 Å². The fraction of sp³-hybridized carbons (Fsp3) is 0.364. The lowest BCUT2D eigenvalue weighted by molar-refractivity contribution is 0.0697. The molecule has 1 aromatic rings. The summed E-state index contributed by atoms with van der Waals surface area (Å²) < 4.78 is 23.5. The lowest BCUT2D eigenvalue weighted by Gasteiger charge is -2.33. The molecule has 9 heteroatoms. The first-order valence-corrected chi connectivity index (χ1v) is 7.73. The molecule has 20 heavy (non-hydrogen) atoms.